The Bertz CT molecular complexity index is 1870. The summed E-state index contributed by atoms with van der Waals surface area (Å²) < 4.78 is 6.93. The van der Waals surface area contributed by atoms with Crippen LogP contribution in [0.3, 0.4) is 0 Å². The summed E-state index contributed by atoms with van der Waals surface area (Å²) in [6.45, 7) is 0. The Morgan fingerprint density at radius 2 is 1.36 bits per heavy atom. The molecule has 3 heteroatoms. The monoisotopic (exact) mass is 508 g/mol. The molecule has 1 atom stereocenters. The SMILES string of the molecule is O=C(O)c1cc(OC(c2ccccc2)c2cc3c4c(ccc3c3ccccc23)CCCC4)c2ccccc2c1. The van der Waals surface area contributed by atoms with E-state index in [-0.39, 0.29) is 5.56 Å². The number of carbonyl (C=O) groups is 1. The molecule has 39 heavy (non-hydrogen) atoms. The van der Waals surface area contributed by atoms with Crippen molar-refractivity contribution in [3.05, 3.63) is 137 Å². The van der Waals surface area contributed by atoms with E-state index in [2.05, 4.69) is 54.6 Å². The lowest BCUT2D eigenvalue weighted by Crippen LogP contribution is -2.12. The van der Waals surface area contributed by atoms with Gasteiger partial charge < -0.3 is 9.84 Å². The maximum absolute atomic E-state index is 12.0. The van der Waals surface area contributed by atoms with E-state index in [4.69, 9.17) is 4.74 Å². The predicted molar refractivity (Wildman–Crippen MR) is 158 cm³/mol. The zero-order chi connectivity index (χ0) is 26.3. The lowest BCUT2D eigenvalue weighted by atomic mass is 9.84. The Hall–Kier alpha value is -4.63. The molecule has 1 N–H and O–H groups in total. The summed E-state index contributed by atoms with van der Waals surface area (Å²) in [7, 11) is 0. The normalized spacial score (nSPS) is 13.8. The van der Waals surface area contributed by atoms with Crippen LogP contribution in [0.25, 0.3) is 32.3 Å². The minimum absolute atomic E-state index is 0.216. The smallest absolute Gasteiger partial charge is 0.335 e. The van der Waals surface area contributed by atoms with Crippen LogP contribution in [0.1, 0.15) is 51.6 Å². The summed E-state index contributed by atoms with van der Waals surface area (Å²) in [5, 5.41) is 16.5. The number of rotatable bonds is 5. The Kier molecular flexibility index (Phi) is 5.78. The fourth-order valence-corrected chi connectivity index (χ4v) is 6.24. The molecule has 0 fully saturated rings. The molecule has 0 heterocycles. The van der Waals surface area contributed by atoms with E-state index < -0.39 is 12.1 Å². The van der Waals surface area contributed by atoms with Crippen LogP contribution in [0, 0.1) is 0 Å². The summed E-state index contributed by atoms with van der Waals surface area (Å²) in [4.78, 5) is 12.0. The van der Waals surface area contributed by atoms with Crippen LogP contribution in [-0.2, 0) is 12.8 Å². The summed E-state index contributed by atoms with van der Waals surface area (Å²) in [5.74, 6) is -0.400. The number of aromatic carboxylic acids is 1. The van der Waals surface area contributed by atoms with Crippen LogP contribution >= 0.6 is 0 Å². The lowest BCUT2D eigenvalue weighted by Gasteiger charge is -2.25. The highest BCUT2D eigenvalue weighted by Crippen LogP contribution is 2.41. The summed E-state index contributed by atoms with van der Waals surface area (Å²) in [6.07, 6.45) is 4.24. The number of hydrogen-bond donors (Lipinski definition) is 1. The van der Waals surface area contributed by atoms with Crippen molar-refractivity contribution < 1.29 is 14.6 Å². The third-order valence-electron chi connectivity index (χ3n) is 8.11. The summed E-state index contributed by atoms with van der Waals surface area (Å²) >= 11 is 0. The van der Waals surface area contributed by atoms with Crippen molar-refractivity contribution in [1.29, 1.82) is 0 Å². The zero-order valence-corrected chi connectivity index (χ0v) is 21.6. The molecule has 0 aliphatic heterocycles. The molecule has 6 aromatic carbocycles. The molecule has 190 valence electrons. The van der Waals surface area contributed by atoms with E-state index in [1.807, 2.05) is 42.5 Å². The third kappa shape index (κ3) is 4.11. The van der Waals surface area contributed by atoms with Crippen molar-refractivity contribution in [2.75, 3.05) is 0 Å². The van der Waals surface area contributed by atoms with E-state index in [0.29, 0.717) is 5.75 Å². The van der Waals surface area contributed by atoms with Crippen molar-refractivity contribution in [2.45, 2.75) is 31.8 Å². The quantitative estimate of drug-likeness (QED) is 0.237. The van der Waals surface area contributed by atoms with Crippen molar-refractivity contribution >= 4 is 38.3 Å². The molecule has 0 aromatic heterocycles. The minimum atomic E-state index is -0.968. The van der Waals surface area contributed by atoms with Gasteiger partial charge in [0.05, 0.1) is 5.56 Å². The van der Waals surface area contributed by atoms with Crippen LogP contribution < -0.4 is 4.74 Å². The van der Waals surface area contributed by atoms with Crippen LogP contribution in [0.4, 0.5) is 0 Å². The predicted octanol–water partition coefficient (Wildman–Crippen LogP) is 8.89. The molecule has 0 radical (unpaired) electrons. The van der Waals surface area contributed by atoms with Gasteiger partial charge in [-0.3, -0.25) is 0 Å². The van der Waals surface area contributed by atoms with Gasteiger partial charge in [0.25, 0.3) is 0 Å². The van der Waals surface area contributed by atoms with E-state index in [9.17, 15) is 9.90 Å². The number of aryl methyl sites for hydroxylation is 2. The molecule has 6 aromatic rings. The van der Waals surface area contributed by atoms with Crippen molar-refractivity contribution in [3.8, 4) is 5.75 Å². The van der Waals surface area contributed by atoms with E-state index in [0.717, 1.165) is 40.1 Å². The fourth-order valence-electron chi connectivity index (χ4n) is 6.24. The van der Waals surface area contributed by atoms with Gasteiger partial charge in [-0.15, -0.1) is 0 Å². The molecule has 0 spiro atoms. The average molecular weight is 509 g/mol. The molecule has 1 unspecified atom stereocenters. The molecule has 1 aliphatic carbocycles. The van der Waals surface area contributed by atoms with Gasteiger partial charge in [-0.05, 0) is 87.5 Å². The molecule has 0 bridgehead atoms. The first-order valence-corrected chi connectivity index (χ1v) is 13.6. The summed E-state index contributed by atoms with van der Waals surface area (Å²) in [6, 6.07) is 36.9. The number of carboxylic acids is 1. The minimum Gasteiger partial charge on any atom is -0.480 e. The molecule has 3 nitrogen and oxygen atoms in total. The highest BCUT2D eigenvalue weighted by atomic mass is 16.5. The Labute approximate surface area is 227 Å². The van der Waals surface area contributed by atoms with Gasteiger partial charge in [-0.1, -0.05) is 91.0 Å². The average Bonchev–Trinajstić information content (AvgIpc) is 2.99. The molecular formula is C36H28O3. The first kappa shape index (κ1) is 23.5. The van der Waals surface area contributed by atoms with Gasteiger partial charge in [0.1, 0.15) is 11.9 Å². The first-order chi connectivity index (χ1) is 19.2. The molecule has 7 rings (SSSR count). The lowest BCUT2D eigenvalue weighted by molar-refractivity contribution is 0.0696. The maximum atomic E-state index is 12.0. The van der Waals surface area contributed by atoms with Gasteiger partial charge in [-0.25, -0.2) is 4.79 Å². The van der Waals surface area contributed by atoms with E-state index >= 15 is 0 Å². The van der Waals surface area contributed by atoms with E-state index in [1.165, 1.54) is 40.1 Å². The van der Waals surface area contributed by atoms with Crippen molar-refractivity contribution in [1.82, 2.24) is 0 Å². The molecule has 0 saturated carbocycles. The second-order valence-corrected chi connectivity index (χ2v) is 10.4. The second kappa shape index (κ2) is 9.59. The van der Waals surface area contributed by atoms with E-state index in [1.54, 1.807) is 12.1 Å². The van der Waals surface area contributed by atoms with Crippen LogP contribution in [0.5, 0.6) is 5.75 Å². The third-order valence-corrected chi connectivity index (χ3v) is 8.11. The molecule has 1 aliphatic rings. The second-order valence-electron chi connectivity index (χ2n) is 10.4. The molecule has 0 saturated heterocycles. The fraction of sp³-hybridized carbons (Fsp3) is 0.139. The maximum Gasteiger partial charge on any atom is 0.335 e. The summed E-state index contributed by atoms with van der Waals surface area (Å²) in [5.41, 5.74) is 5.24. The topological polar surface area (TPSA) is 46.5 Å². The van der Waals surface area contributed by atoms with Crippen LogP contribution in [-0.4, -0.2) is 11.1 Å². The first-order valence-electron chi connectivity index (χ1n) is 13.6. The molecular weight excluding hydrogens is 480 g/mol. The number of ether oxygens (including phenoxy) is 1. The Morgan fingerprint density at radius 1 is 0.667 bits per heavy atom. The van der Waals surface area contributed by atoms with Gasteiger partial charge >= 0.3 is 5.97 Å². The number of benzene rings is 6. The van der Waals surface area contributed by atoms with Gasteiger partial charge in [0, 0.05) is 10.9 Å². The largest absolute Gasteiger partial charge is 0.480 e. The highest BCUT2D eigenvalue weighted by Gasteiger charge is 2.24. The van der Waals surface area contributed by atoms with Crippen LogP contribution in [0.2, 0.25) is 0 Å². The Balaban J connectivity index is 1.51. The van der Waals surface area contributed by atoms with Crippen molar-refractivity contribution in [2.24, 2.45) is 0 Å². The zero-order valence-electron chi connectivity index (χ0n) is 21.6. The number of hydrogen-bond acceptors (Lipinski definition) is 2. The van der Waals surface area contributed by atoms with Gasteiger partial charge in [0.2, 0.25) is 0 Å². The number of carboxylic acid groups (broad SMARTS) is 1. The van der Waals surface area contributed by atoms with Gasteiger partial charge in [0.15, 0.2) is 0 Å². The van der Waals surface area contributed by atoms with Crippen molar-refractivity contribution in [3.63, 3.8) is 0 Å². The van der Waals surface area contributed by atoms with Crippen LogP contribution in [0.15, 0.2) is 109 Å². The van der Waals surface area contributed by atoms with Gasteiger partial charge in [-0.2, -0.15) is 0 Å². The highest BCUT2D eigenvalue weighted by molar-refractivity contribution is 6.10. The standard InChI is InChI=1S/C36H28O3/c37-36(38)26-20-25-13-5-7-15-28(25)34(21-26)39-35(24-11-2-1-3-12-24)33-22-32-27-14-6-4-10-23(27)18-19-31(32)29-16-8-9-17-30(29)33/h1-3,5,7-9,11-13,15-22,35H,4,6,10,14H2,(H,37,38). The molecule has 0 amide bonds. The Morgan fingerprint density at radius 3 is 2.18 bits per heavy atom. The number of fused-ring (bicyclic) bond motifs is 6.